The lowest BCUT2D eigenvalue weighted by atomic mass is 9.87. The summed E-state index contributed by atoms with van der Waals surface area (Å²) in [6.07, 6.45) is 2.50. The molecule has 2 heterocycles. The second-order valence-electron chi connectivity index (χ2n) is 7.90. The maximum atomic E-state index is 13.3. The number of hydrogen-bond acceptors (Lipinski definition) is 3. The molecule has 5 heteroatoms. The highest BCUT2D eigenvalue weighted by atomic mass is 19.1. The Balaban J connectivity index is 1.32. The molecule has 0 saturated carbocycles. The molecule has 0 amide bonds. The number of benzene rings is 2. The van der Waals surface area contributed by atoms with Crippen molar-refractivity contribution in [3.05, 3.63) is 71.3 Å². The van der Waals surface area contributed by atoms with Crippen molar-refractivity contribution >= 4 is 0 Å². The van der Waals surface area contributed by atoms with Crippen LogP contribution in [0.3, 0.4) is 0 Å². The summed E-state index contributed by atoms with van der Waals surface area (Å²) in [5, 5.41) is 0. The molecular weight excluding hydrogens is 358 g/mol. The van der Waals surface area contributed by atoms with Gasteiger partial charge in [0.05, 0.1) is 12.7 Å². The molecule has 0 spiro atoms. The fourth-order valence-corrected chi connectivity index (χ4v) is 4.09. The number of hydrogen-bond donors (Lipinski definition) is 0. The average Bonchev–Trinajstić information content (AvgIpc) is 3.52. The maximum absolute atomic E-state index is 13.3. The van der Waals surface area contributed by atoms with Crippen molar-refractivity contribution in [1.29, 1.82) is 0 Å². The van der Waals surface area contributed by atoms with Gasteiger partial charge in [0.1, 0.15) is 11.6 Å². The van der Waals surface area contributed by atoms with E-state index >= 15 is 0 Å². The van der Waals surface area contributed by atoms with E-state index in [1.54, 1.807) is 0 Å². The lowest BCUT2D eigenvalue weighted by Crippen LogP contribution is -2.47. The highest BCUT2D eigenvalue weighted by Gasteiger charge is 2.27. The number of nitrogens with zero attached hydrogens (tertiary/aromatic N) is 2. The largest absolute Gasteiger partial charge is 0.372 e. The molecule has 0 N–H and O–H groups in total. The SMILES string of the molecule is Fc1ccc(C(CCCN2CCN(C[C@@H]3CO3)CC2)c2ccc(F)cc2)cc1. The first-order valence-corrected chi connectivity index (χ1v) is 10.2. The van der Waals surface area contributed by atoms with Crippen LogP contribution >= 0.6 is 0 Å². The minimum Gasteiger partial charge on any atom is -0.372 e. The molecule has 28 heavy (non-hydrogen) atoms. The minimum absolute atomic E-state index is 0.162. The summed E-state index contributed by atoms with van der Waals surface area (Å²) in [6.45, 7) is 7.49. The van der Waals surface area contributed by atoms with Crippen molar-refractivity contribution in [3.8, 4) is 0 Å². The standard InChI is InChI=1S/C23H28F2N2O/c24-20-7-3-18(4-8-20)23(19-5-9-21(25)10-6-19)2-1-11-26-12-14-27(15-13-26)16-22-17-28-22/h3-10,22-23H,1-2,11-17H2/t22-/m1/s1. The Bertz CT molecular complexity index is 693. The van der Waals surface area contributed by atoms with Crippen molar-refractivity contribution < 1.29 is 13.5 Å². The highest BCUT2D eigenvalue weighted by molar-refractivity contribution is 5.32. The Hall–Kier alpha value is -1.82. The molecule has 0 bridgehead atoms. The molecule has 150 valence electrons. The minimum atomic E-state index is -0.226. The molecule has 2 saturated heterocycles. The molecule has 4 rings (SSSR count). The quantitative estimate of drug-likeness (QED) is 0.642. The maximum Gasteiger partial charge on any atom is 0.123 e. The van der Waals surface area contributed by atoms with Crippen LogP contribution in [0.2, 0.25) is 0 Å². The highest BCUT2D eigenvalue weighted by Crippen LogP contribution is 2.30. The number of rotatable bonds is 8. The topological polar surface area (TPSA) is 19.0 Å². The van der Waals surface area contributed by atoms with Crippen molar-refractivity contribution in [1.82, 2.24) is 9.80 Å². The molecule has 2 aliphatic heterocycles. The Kier molecular flexibility index (Phi) is 6.35. The lowest BCUT2D eigenvalue weighted by molar-refractivity contribution is 0.123. The third-order valence-electron chi connectivity index (χ3n) is 5.84. The van der Waals surface area contributed by atoms with E-state index < -0.39 is 0 Å². The zero-order valence-corrected chi connectivity index (χ0v) is 16.2. The molecular formula is C23H28F2N2O. The van der Waals surface area contributed by atoms with Crippen molar-refractivity contribution in [2.24, 2.45) is 0 Å². The van der Waals surface area contributed by atoms with Gasteiger partial charge in [0, 0.05) is 38.6 Å². The normalized spacial score (nSPS) is 20.6. The van der Waals surface area contributed by atoms with Crippen LogP contribution < -0.4 is 0 Å². The van der Waals surface area contributed by atoms with Crippen molar-refractivity contribution in [3.63, 3.8) is 0 Å². The summed E-state index contributed by atoms with van der Waals surface area (Å²) in [6, 6.07) is 13.4. The van der Waals surface area contributed by atoms with Crippen molar-refractivity contribution in [2.45, 2.75) is 24.9 Å². The van der Waals surface area contributed by atoms with E-state index in [0.29, 0.717) is 6.10 Å². The Morgan fingerprint density at radius 3 is 1.82 bits per heavy atom. The van der Waals surface area contributed by atoms with E-state index in [9.17, 15) is 8.78 Å². The molecule has 2 fully saturated rings. The smallest absolute Gasteiger partial charge is 0.123 e. The fourth-order valence-electron chi connectivity index (χ4n) is 4.09. The van der Waals surface area contributed by atoms with Gasteiger partial charge in [0.15, 0.2) is 0 Å². The summed E-state index contributed by atoms with van der Waals surface area (Å²) in [5.41, 5.74) is 2.17. The van der Waals surface area contributed by atoms with Gasteiger partial charge in [-0.25, -0.2) is 8.78 Å². The number of halogens is 2. The molecule has 0 unspecified atom stereocenters. The van der Waals surface area contributed by atoms with Crippen LogP contribution in [0.5, 0.6) is 0 Å². The van der Waals surface area contributed by atoms with Gasteiger partial charge < -0.3 is 9.64 Å². The van der Waals surface area contributed by atoms with Crippen LogP contribution in [0.25, 0.3) is 0 Å². The summed E-state index contributed by atoms with van der Waals surface area (Å²) in [4.78, 5) is 5.02. The first-order valence-electron chi connectivity index (χ1n) is 10.2. The van der Waals surface area contributed by atoms with E-state index in [4.69, 9.17) is 4.74 Å². The third-order valence-corrected chi connectivity index (χ3v) is 5.84. The summed E-state index contributed by atoms with van der Waals surface area (Å²) >= 11 is 0. The van der Waals surface area contributed by atoms with Crippen LogP contribution in [0.4, 0.5) is 8.78 Å². The summed E-state index contributed by atoms with van der Waals surface area (Å²) in [5.74, 6) is -0.290. The monoisotopic (exact) mass is 386 g/mol. The first-order chi connectivity index (χ1) is 13.7. The molecule has 2 aliphatic rings. The van der Waals surface area contributed by atoms with Gasteiger partial charge in [-0.05, 0) is 54.8 Å². The predicted molar refractivity (Wildman–Crippen MR) is 106 cm³/mol. The van der Waals surface area contributed by atoms with Gasteiger partial charge >= 0.3 is 0 Å². The zero-order chi connectivity index (χ0) is 19.3. The Labute approximate surface area is 165 Å². The van der Waals surface area contributed by atoms with E-state index in [2.05, 4.69) is 9.80 Å². The number of ether oxygens (including phenoxy) is 1. The first kappa shape index (κ1) is 19.5. The average molecular weight is 386 g/mol. The van der Waals surface area contributed by atoms with Crippen LogP contribution in [-0.4, -0.2) is 61.8 Å². The molecule has 0 aromatic heterocycles. The van der Waals surface area contributed by atoms with Gasteiger partial charge in [-0.2, -0.15) is 0 Å². The third kappa shape index (κ3) is 5.37. The lowest BCUT2D eigenvalue weighted by Gasteiger charge is -2.34. The molecule has 3 nitrogen and oxygen atoms in total. The van der Waals surface area contributed by atoms with E-state index in [0.717, 1.165) is 69.8 Å². The van der Waals surface area contributed by atoms with Crippen LogP contribution in [0, 0.1) is 11.6 Å². The van der Waals surface area contributed by atoms with Gasteiger partial charge in [-0.3, -0.25) is 4.90 Å². The fraction of sp³-hybridized carbons (Fsp3) is 0.478. The van der Waals surface area contributed by atoms with Crippen molar-refractivity contribution in [2.75, 3.05) is 45.9 Å². The summed E-state index contributed by atoms with van der Waals surface area (Å²) < 4.78 is 32.0. The molecule has 2 aromatic rings. The summed E-state index contributed by atoms with van der Waals surface area (Å²) in [7, 11) is 0. The van der Waals surface area contributed by atoms with E-state index in [1.807, 2.05) is 24.3 Å². The van der Waals surface area contributed by atoms with Crippen LogP contribution in [-0.2, 0) is 4.74 Å². The second-order valence-corrected chi connectivity index (χ2v) is 7.90. The predicted octanol–water partition coefficient (Wildman–Crippen LogP) is 3.89. The molecule has 2 aromatic carbocycles. The van der Waals surface area contributed by atoms with Gasteiger partial charge in [0.2, 0.25) is 0 Å². The Morgan fingerprint density at radius 2 is 1.32 bits per heavy atom. The van der Waals surface area contributed by atoms with E-state index in [-0.39, 0.29) is 17.6 Å². The molecule has 0 radical (unpaired) electrons. The van der Waals surface area contributed by atoms with Crippen LogP contribution in [0.15, 0.2) is 48.5 Å². The van der Waals surface area contributed by atoms with E-state index in [1.165, 1.54) is 24.3 Å². The zero-order valence-electron chi connectivity index (χ0n) is 16.2. The number of epoxide rings is 1. The van der Waals surface area contributed by atoms with Gasteiger partial charge in [-0.1, -0.05) is 24.3 Å². The molecule has 1 atom stereocenters. The second kappa shape index (κ2) is 9.12. The molecule has 0 aliphatic carbocycles. The van der Waals surface area contributed by atoms with Gasteiger partial charge in [-0.15, -0.1) is 0 Å². The van der Waals surface area contributed by atoms with Crippen LogP contribution in [0.1, 0.15) is 29.9 Å². The number of piperazine rings is 1. The Morgan fingerprint density at radius 1 is 0.821 bits per heavy atom. The van der Waals surface area contributed by atoms with Gasteiger partial charge in [0.25, 0.3) is 0 Å².